The van der Waals surface area contributed by atoms with Gasteiger partial charge in [-0.05, 0) is 91.9 Å². The second kappa shape index (κ2) is 12.8. The van der Waals surface area contributed by atoms with Crippen LogP contribution in [-0.2, 0) is 12.1 Å². The second-order valence-corrected chi connectivity index (χ2v) is 10.3. The first-order valence-corrected chi connectivity index (χ1v) is 13.3. The molecular weight excluding hydrogens is 568 g/mol. The number of nitrogens with zero attached hydrogens (tertiary/aromatic N) is 1. The van der Waals surface area contributed by atoms with Crippen molar-refractivity contribution in [2.75, 3.05) is 19.7 Å². The topological polar surface area (TPSA) is 71.4 Å². The highest BCUT2D eigenvalue weighted by Crippen LogP contribution is 2.43. The van der Waals surface area contributed by atoms with Gasteiger partial charge in [-0.3, -0.25) is 4.90 Å². The van der Waals surface area contributed by atoms with Gasteiger partial charge < -0.3 is 24.4 Å². The van der Waals surface area contributed by atoms with Crippen molar-refractivity contribution >= 4 is 0 Å². The summed E-state index contributed by atoms with van der Waals surface area (Å²) < 4.78 is 89.5. The first kappa shape index (κ1) is 31.5. The van der Waals surface area contributed by atoms with E-state index >= 15 is 0 Å². The zero-order valence-electron chi connectivity index (χ0n) is 22.7. The summed E-state index contributed by atoms with van der Waals surface area (Å²) in [5.41, 5.74) is -0.100. The summed E-state index contributed by atoms with van der Waals surface area (Å²) in [5.74, 6) is -0.672. The minimum absolute atomic E-state index is 0.186. The van der Waals surface area contributed by atoms with Crippen molar-refractivity contribution in [1.29, 1.82) is 0 Å². The van der Waals surface area contributed by atoms with Crippen LogP contribution >= 0.6 is 0 Å². The van der Waals surface area contributed by atoms with E-state index in [0.717, 1.165) is 29.8 Å². The number of benzene rings is 3. The standard InChI is InChI=1S/C30H31F6NO5/c1-20(38)19-40-25-8-2-21(3-9-25)18-37-16-14-24(15-17-37)28(39,22-4-10-26(11-5-22)41-29(31,32)33)23-6-12-27(13-7-23)42-30(34,35)36/h2-13,20,24,38-39H,14-19H2,1H3. The van der Waals surface area contributed by atoms with E-state index in [1.54, 1.807) is 6.92 Å². The number of alkyl halides is 6. The van der Waals surface area contributed by atoms with Crippen LogP contribution in [0.15, 0.2) is 72.8 Å². The number of aliphatic hydroxyl groups excluding tert-OH is 1. The summed E-state index contributed by atoms with van der Waals surface area (Å²) in [6.07, 6.45) is -9.34. The van der Waals surface area contributed by atoms with Crippen LogP contribution in [0.1, 0.15) is 36.5 Å². The normalized spacial score (nSPS) is 16.2. The van der Waals surface area contributed by atoms with E-state index in [1.165, 1.54) is 24.3 Å². The Labute approximate surface area is 239 Å². The molecule has 1 saturated heterocycles. The molecular formula is C30H31F6NO5. The summed E-state index contributed by atoms with van der Waals surface area (Å²) in [7, 11) is 0. The lowest BCUT2D eigenvalue weighted by molar-refractivity contribution is -0.275. The van der Waals surface area contributed by atoms with E-state index in [9.17, 15) is 36.6 Å². The maximum atomic E-state index is 12.7. The molecule has 6 nitrogen and oxygen atoms in total. The van der Waals surface area contributed by atoms with Crippen LogP contribution in [-0.4, -0.2) is 53.6 Å². The summed E-state index contributed by atoms with van der Waals surface area (Å²) in [5, 5.41) is 21.5. The van der Waals surface area contributed by atoms with E-state index in [4.69, 9.17) is 4.74 Å². The molecule has 1 atom stereocenters. The predicted octanol–water partition coefficient (Wildman–Crippen LogP) is 6.39. The Morgan fingerprint density at radius 2 is 1.17 bits per heavy atom. The molecule has 1 aliphatic rings. The van der Waals surface area contributed by atoms with Gasteiger partial charge in [-0.1, -0.05) is 36.4 Å². The molecule has 0 bridgehead atoms. The third-order valence-electron chi connectivity index (χ3n) is 7.06. The van der Waals surface area contributed by atoms with Crippen molar-refractivity contribution in [3.63, 3.8) is 0 Å². The maximum Gasteiger partial charge on any atom is 0.573 e. The molecule has 3 aromatic carbocycles. The van der Waals surface area contributed by atoms with Gasteiger partial charge in [0, 0.05) is 6.54 Å². The lowest BCUT2D eigenvalue weighted by Crippen LogP contribution is -2.44. The zero-order chi connectivity index (χ0) is 30.5. The number of rotatable bonds is 10. The smallest absolute Gasteiger partial charge is 0.491 e. The van der Waals surface area contributed by atoms with Crippen molar-refractivity contribution in [3.05, 3.63) is 89.5 Å². The van der Waals surface area contributed by atoms with Crippen molar-refractivity contribution in [2.45, 2.75) is 50.7 Å². The average Bonchev–Trinajstić information content (AvgIpc) is 2.92. The van der Waals surface area contributed by atoms with Gasteiger partial charge in [0.05, 0.1) is 6.10 Å². The molecule has 0 radical (unpaired) electrons. The van der Waals surface area contributed by atoms with Gasteiger partial charge in [0.1, 0.15) is 29.5 Å². The molecule has 0 aromatic heterocycles. The summed E-state index contributed by atoms with van der Waals surface area (Å²) in [6.45, 7) is 3.64. The molecule has 42 heavy (non-hydrogen) atoms. The van der Waals surface area contributed by atoms with E-state index in [2.05, 4.69) is 14.4 Å². The molecule has 0 saturated carbocycles. The molecule has 0 aliphatic carbocycles. The highest BCUT2D eigenvalue weighted by atomic mass is 19.4. The van der Waals surface area contributed by atoms with Gasteiger partial charge in [-0.15, -0.1) is 26.3 Å². The molecule has 12 heteroatoms. The van der Waals surface area contributed by atoms with Crippen LogP contribution in [0, 0.1) is 5.92 Å². The van der Waals surface area contributed by atoms with Crippen molar-refractivity contribution in [3.8, 4) is 17.2 Å². The van der Waals surface area contributed by atoms with Crippen LogP contribution in [0.4, 0.5) is 26.3 Å². The first-order chi connectivity index (χ1) is 19.7. The predicted molar refractivity (Wildman–Crippen MR) is 141 cm³/mol. The fourth-order valence-electron chi connectivity index (χ4n) is 5.13. The Bertz CT molecular complexity index is 1210. The van der Waals surface area contributed by atoms with Crippen molar-refractivity contribution < 1.29 is 50.8 Å². The second-order valence-electron chi connectivity index (χ2n) is 10.3. The van der Waals surface area contributed by atoms with Crippen LogP contribution < -0.4 is 14.2 Å². The van der Waals surface area contributed by atoms with Crippen LogP contribution in [0.25, 0.3) is 0 Å². The number of aliphatic hydroxyl groups is 2. The lowest BCUT2D eigenvalue weighted by atomic mass is 9.72. The SMILES string of the molecule is CC(O)COc1ccc(CN2CCC(C(O)(c3ccc(OC(F)(F)F)cc3)c3ccc(OC(F)(F)F)cc3)CC2)cc1. The molecule has 1 heterocycles. The minimum atomic E-state index is -4.88. The monoisotopic (exact) mass is 599 g/mol. The summed E-state index contributed by atoms with van der Waals surface area (Å²) in [4.78, 5) is 2.20. The molecule has 4 rings (SSSR count). The Morgan fingerprint density at radius 3 is 1.57 bits per heavy atom. The third kappa shape index (κ3) is 8.52. The van der Waals surface area contributed by atoms with E-state index in [0.29, 0.717) is 38.2 Å². The highest BCUT2D eigenvalue weighted by Gasteiger charge is 2.42. The van der Waals surface area contributed by atoms with E-state index in [1.807, 2.05) is 24.3 Å². The van der Waals surface area contributed by atoms with Crippen LogP contribution in [0.3, 0.4) is 0 Å². The Balaban J connectivity index is 1.51. The summed E-state index contributed by atoms with van der Waals surface area (Å²) >= 11 is 0. The Hall–Kier alpha value is -3.48. The fourth-order valence-corrected chi connectivity index (χ4v) is 5.13. The zero-order valence-corrected chi connectivity index (χ0v) is 22.7. The highest BCUT2D eigenvalue weighted by molar-refractivity contribution is 5.42. The fraction of sp³-hybridized carbons (Fsp3) is 0.400. The number of piperidine rings is 1. The molecule has 1 aliphatic heterocycles. The molecule has 0 spiro atoms. The quantitative estimate of drug-likeness (QED) is 0.263. The largest absolute Gasteiger partial charge is 0.573 e. The number of likely N-dealkylation sites (tertiary alicyclic amines) is 1. The first-order valence-electron chi connectivity index (χ1n) is 13.3. The molecule has 1 fully saturated rings. The van der Waals surface area contributed by atoms with Crippen LogP contribution in [0.5, 0.6) is 17.2 Å². The van der Waals surface area contributed by atoms with Gasteiger partial charge in [0.25, 0.3) is 0 Å². The van der Waals surface area contributed by atoms with Gasteiger partial charge in [-0.2, -0.15) is 0 Å². The van der Waals surface area contributed by atoms with Gasteiger partial charge in [0.2, 0.25) is 0 Å². The Kier molecular flexibility index (Phi) is 9.59. The maximum absolute atomic E-state index is 12.7. The number of hydrogen-bond donors (Lipinski definition) is 2. The lowest BCUT2D eigenvalue weighted by Gasteiger charge is -2.42. The molecule has 228 valence electrons. The minimum Gasteiger partial charge on any atom is -0.491 e. The van der Waals surface area contributed by atoms with Crippen molar-refractivity contribution in [2.24, 2.45) is 5.92 Å². The van der Waals surface area contributed by atoms with Gasteiger partial charge in [0.15, 0.2) is 0 Å². The van der Waals surface area contributed by atoms with Crippen molar-refractivity contribution in [1.82, 2.24) is 4.90 Å². The molecule has 2 N–H and O–H groups in total. The third-order valence-corrected chi connectivity index (χ3v) is 7.06. The number of hydrogen-bond acceptors (Lipinski definition) is 6. The van der Waals surface area contributed by atoms with E-state index in [-0.39, 0.29) is 17.7 Å². The number of ether oxygens (including phenoxy) is 3. The Morgan fingerprint density at radius 1 is 0.738 bits per heavy atom. The van der Waals surface area contributed by atoms with Crippen LogP contribution in [0.2, 0.25) is 0 Å². The van der Waals surface area contributed by atoms with E-state index < -0.39 is 41.8 Å². The number of halogens is 6. The molecule has 3 aromatic rings. The van der Waals surface area contributed by atoms with Gasteiger partial charge in [-0.25, -0.2) is 0 Å². The molecule has 1 unspecified atom stereocenters. The summed E-state index contributed by atoms with van der Waals surface area (Å²) in [6, 6.07) is 17.2. The molecule has 0 amide bonds. The average molecular weight is 600 g/mol. The van der Waals surface area contributed by atoms with Gasteiger partial charge >= 0.3 is 12.7 Å².